The molecule has 2 aliphatic heterocycles. The first kappa shape index (κ1) is 9.52. The summed E-state index contributed by atoms with van der Waals surface area (Å²) in [6, 6.07) is 4.58. The fraction of sp³-hybridized carbons (Fsp3) is 0.500. The minimum Gasteiger partial charge on any atom is -0.384 e. The van der Waals surface area contributed by atoms with Crippen LogP contribution in [-0.4, -0.2) is 19.6 Å². The molecular formula is C12H15BrN2. The van der Waals surface area contributed by atoms with E-state index in [1.807, 2.05) is 0 Å². The van der Waals surface area contributed by atoms with Gasteiger partial charge in [0.15, 0.2) is 0 Å². The second kappa shape index (κ2) is 3.71. The summed E-state index contributed by atoms with van der Waals surface area (Å²) in [6.45, 7) is 3.50. The maximum absolute atomic E-state index is 3.69. The Bertz CT molecular complexity index is 383. The largest absolute Gasteiger partial charge is 0.384 e. The topological polar surface area (TPSA) is 15.3 Å². The van der Waals surface area contributed by atoms with Crippen molar-refractivity contribution in [2.24, 2.45) is 0 Å². The van der Waals surface area contributed by atoms with Crippen molar-refractivity contribution >= 4 is 27.3 Å². The summed E-state index contributed by atoms with van der Waals surface area (Å²) in [5, 5.41) is 3.44. The number of fused-ring (bicyclic) bond motifs is 1. The SMILES string of the molecule is Brc1cc2c(cc1N1CCCC1)NCC2. The fourth-order valence-electron chi connectivity index (χ4n) is 2.51. The van der Waals surface area contributed by atoms with E-state index in [2.05, 4.69) is 38.3 Å². The standard InChI is InChI=1S/C12H15BrN2/c13-10-7-9-3-4-14-11(9)8-12(10)15-5-1-2-6-15/h7-8,14H,1-6H2. The summed E-state index contributed by atoms with van der Waals surface area (Å²) in [4.78, 5) is 2.48. The maximum atomic E-state index is 3.69. The quantitative estimate of drug-likeness (QED) is 0.841. The van der Waals surface area contributed by atoms with Crippen molar-refractivity contribution in [1.82, 2.24) is 0 Å². The Morgan fingerprint density at radius 3 is 2.80 bits per heavy atom. The maximum Gasteiger partial charge on any atom is 0.0531 e. The number of nitrogens with one attached hydrogen (secondary N) is 1. The molecule has 1 saturated heterocycles. The van der Waals surface area contributed by atoms with E-state index in [0.29, 0.717) is 0 Å². The number of rotatable bonds is 1. The highest BCUT2D eigenvalue weighted by Crippen LogP contribution is 2.36. The molecule has 3 rings (SSSR count). The lowest BCUT2D eigenvalue weighted by atomic mass is 10.1. The molecule has 0 amide bonds. The van der Waals surface area contributed by atoms with Crippen LogP contribution in [0.4, 0.5) is 11.4 Å². The van der Waals surface area contributed by atoms with Crippen LogP contribution in [0.25, 0.3) is 0 Å². The van der Waals surface area contributed by atoms with Gasteiger partial charge in [-0.15, -0.1) is 0 Å². The van der Waals surface area contributed by atoms with Crippen LogP contribution in [0.1, 0.15) is 18.4 Å². The van der Waals surface area contributed by atoms with Gasteiger partial charge in [-0.3, -0.25) is 0 Å². The van der Waals surface area contributed by atoms with Gasteiger partial charge < -0.3 is 10.2 Å². The van der Waals surface area contributed by atoms with Crippen molar-refractivity contribution < 1.29 is 0 Å². The average molecular weight is 267 g/mol. The molecule has 0 spiro atoms. The Hall–Kier alpha value is -0.700. The van der Waals surface area contributed by atoms with Gasteiger partial charge in [0.05, 0.1) is 5.69 Å². The highest BCUT2D eigenvalue weighted by Gasteiger charge is 2.18. The molecule has 80 valence electrons. The Morgan fingerprint density at radius 2 is 2.00 bits per heavy atom. The van der Waals surface area contributed by atoms with E-state index in [-0.39, 0.29) is 0 Å². The van der Waals surface area contributed by atoms with E-state index < -0.39 is 0 Å². The van der Waals surface area contributed by atoms with E-state index in [9.17, 15) is 0 Å². The second-order valence-electron chi connectivity index (χ2n) is 4.33. The van der Waals surface area contributed by atoms with Crippen molar-refractivity contribution in [3.05, 3.63) is 22.2 Å². The van der Waals surface area contributed by atoms with Gasteiger partial charge in [-0.05, 0) is 52.9 Å². The molecule has 0 saturated carbocycles. The van der Waals surface area contributed by atoms with Crippen LogP contribution in [0.2, 0.25) is 0 Å². The summed E-state index contributed by atoms with van der Waals surface area (Å²) in [7, 11) is 0. The zero-order chi connectivity index (χ0) is 10.3. The number of hydrogen-bond acceptors (Lipinski definition) is 2. The molecule has 1 N–H and O–H groups in total. The van der Waals surface area contributed by atoms with Crippen LogP contribution in [0.5, 0.6) is 0 Å². The van der Waals surface area contributed by atoms with Crippen molar-refractivity contribution in [1.29, 1.82) is 0 Å². The molecule has 0 aromatic heterocycles. The van der Waals surface area contributed by atoms with Crippen molar-refractivity contribution in [3.63, 3.8) is 0 Å². The van der Waals surface area contributed by atoms with Gasteiger partial charge in [0.2, 0.25) is 0 Å². The number of benzene rings is 1. The van der Waals surface area contributed by atoms with Crippen LogP contribution >= 0.6 is 15.9 Å². The fourth-order valence-corrected chi connectivity index (χ4v) is 3.15. The molecule has 2 nitrogen and oxygen atoms in total. The molecule has 2 aliphatic rings. The van der Waals surface area contributed by atoms with Crippen LogP contribution in [-0.2, 0) is 6.42 Å². The smallest absolute Gasteiger partial charge is 0.0531 e. The summed E-state index contributed by atoms with van der Waals surface area (Å²) in [5.74, 6) is 0. The van der Waals surface area contributed by atoms with Gasteiger partial charge in [0, 0.05) is 29.8 Å². The lowest BCUT2D eigenvalue weighted by Crippen LogP contribution is -2.18. The van der Waals surface area contributed by atoms with E-state index in [4.69, 9.17) is 0 Å². The predicted octanol–water partition coefficient (Wildman–Crippen LogP) is 3.02. The third-order valence-corrected chi connectivity index (χ3v) is 3.96. The van der Waals surface area contributed by atoms with Gasteiger partial charge in [0.25, 0.3) is 0 Å². The molecule has 0 aliphatic carbocycles. The summed E-state index contributed by atoms with van der Waals surface area (Å²) in [6.07, 6.45) is 3.82. The summed E-state index contributed by atoms with van der Waals surface area (Å²) in [5.41, 5.74) is 4.14. The van der Waals surface area contributed by atoms with E-state index >= 15 is 0 Å². The normalized spacial score (nSPS) is 19.1. The Labute approximate surface area is 98.8 Å². The minimum absolute atomic E-state index is 1.09. The van der Waals surface area contributed by atoms with E-state index in [1.54, 1.807) is 0 Å². The van der Waals surface area contributed by atoms with Gasteiger partial charge in [-0.2, -0.15) is 0 Å². The van der Waals surface area contributed by atoms with E-state index in [1.165, 1.54) is 47.3 Å². The highest BCUT2D eigenvalue weighted by atomic mass is 79.9. The molecule has 2 heterocycles. The van der Waals surface area contributed by atoms with Crippen LogP contribution < -0.4 is 10.2 Å². The third kappa shape index (κ3) is 1.63. The summed E-state index contributed by atoms with van der Waals surface area (Å²) < 4.78 is 1.26. The van der Waals surface area contributed by atoms with Crippen LogP contribution in [0, 0.1) is 0 Å². The molecular weight excluding hydrogens is 252 g/mol. The number of anilines is 2. The Morgan fingerprint density at radius 1 is 1.20 bits per heavy atom. The minimum atomic E-state index is 1.09. The molecule has 0 unspecified atom stereocenters. The molecule has 0 bridgehead atoms. The molecule has 3 heteroatoms. The van der Waals surface area contributed by atoms with Crippen molar-refractivity contribution in [3.8, 4) is 0 Å². The van der Waals surface area contributed by atoms with Crippen molar-refractivity contribution in [2.45, 2.75) is 19.3 Å². The zero-order valence-corrected chi connectivity index (χ0v) is 10.3. The Balaban J connectivity index is 2.00. The van der Waals surface area contributed by atoms with E-state index in [0.717, 1.165) is 13.0 Å². The zero-order valence-electron chi connectivity index (χ0n) is 8.72. The Kier molecular flexibility index (Phi) is 2.35. The molecule has 0 radical (unpaired) electrons. The molecule has 1 aromatic carbocycles. The van der Waals surface area contributed by atoms with Gasteiger partial charge in [-0.25, -0.2) is 0 Å². The highest BCUT2D eigenvalue weighted by molar-refractivity contribution is 9.10. The molecule has 15 heavy (non-hydrogen) atoms. The lowest BCUT2D eigenvalue weighted by Gasteiger charge is -2.20. The summed E-state index contributed by atoms with van der Waals surface area (Å²) >= 11 is 3.69. The monoisotopic (exact) mass is 266 g/mol. The van der Waals surface area contributed by atoms with Crippen LogP contribution in [0.15, 0.2) is 16.6 Å². The average Bonchev–Trinajstić information content (AvgIpc) is 2.85. The van der Waals surface area contributed by atoms with Crippen molar-refractivity contribution in [2.75, 3.05) is 29.9 Å². The first-order valence-electron chi connectivity index (χ1n) is 5.66. The lowest BCUT2D eigenvalue weighted by molar-refractivity contribution is 0.949. The third-order valence-electron chi connectivity index (χ3n) is 3.33. The first-order chi connectivity index (χ1) is 7.34. The number of hydrogen-bond donors (Lipinski definition) is 1. The van der Waals surface area contributed by atoms with Crippen LogP contribution in [0.3, 0.4) is 0 Å². The molecule has 1 fully saturated rings. The van der Waals surface area contributed by atoms with Gasteiger partial charge in [-0.1, -0.05) is 0 Å². The number of halogens is 1. The second-order valence-corrected chi connectivity index (χ2v) is 5.19. The van der Waals surface area contributed by atoms with Gasteiger partial charge >= 0.3 is 0 Å². The first-order valence-corrected chi connectivity index (χ1v) is 6.45. The number of nitrogens with zero attached hydrogens (tertiary/aromatic N) is 1. The van der Waals surface area contributed by atoms with Gasteiger partial charge in [0.1, 0.15) is 0 Å². The molecule has 0 atom stereocenters. The molecule has 1 aromatic rings. The predicted molar refractivity (Wildman–Crippen MR) is 67.8 cm³/mol.